The molecule has 0 radical (unpaired) electrons. The molecule has 1 aliphatic rings. The predicted molar refractivity (Wildman–Crippen MR) is 41.3 cm³/mol. The van der Waals surface area contributed by atoms with E-state index in [9.17, 15) is 13.6 Å². The van der Waals surface area contributed by atoms with Gasteiger partial charge in [-0.3, -0.25) is 5.06 Å². The van der Waals surface area contributed by atoms with Crippen LogP contribution >= 0.6 is 11.6 Å². The first kappa shape index (κ1) is 8.48. The van der Waals surface area contributed by atoms with Crippen molar-refractivity contribution in [2.24, 2.45) is 0 Å². The maximum absolute atomic E-state index is 10.8. The fourth-order valence-corrected chi connectivity index (χ4v) is 1.47. The summed E-state index contributed by atoms with van der Waals surface area (Å²) in [6, 6.07) is 0. The van der Waals surface area contributed by atoms with Gasteiger partial charge in [0.1, 0.15) is 11.2 Å². The quantitative estimate of drug-likeness (QED) is 0.398. The van der Waals surface area contributed by atoms with Crippen molar-refractivity contribution < 1.29 is 13.5 Å². The van der Waals surface area contributed by atoms with Crippen molar-refractivity contribution in [3.05, 3.63) is 28.6 Å². The minimum absolute atomic E-state index is 0.0363. The van der Waals surface area contributed by atoms with Gasteiger partial charge in [0.25, 0.3) is 15.3 Å². The normalized spacial score (nSPS) is 23.3. The summed E-state index contributed by atoms with van der Waals surface area (Å²) in [6.45, 7) is 0. The molecule has 0 aromatic rings. The maximum atomic E-state index is 10.8. The Morgan fingerprint density at radius 3 is 2.55 bits per heavy atom. The molecule has 0 saturated carbocycles. The summed E-state index contributed by atoms with van der Waals surface area (Å²) < 4.78 is 20.7. The number of quaternary nitrogens is 1. The Morgan fingerprint density at radius 1 is 1.55 bits per heavy atom. The molecule has 60 valence electrons. The number of hydrogen-bond acceptors (Lipinski definition) is 3. The summed E-state index contributed by atoms with van der Waals surface area (Å²) in [7, 11) is -2.55. The van der Waals surface area contributed by atoms with Gasteiger partial charge in [-0.05, 0) is 12.2 Å². The third-order valence-corrected chi connectivity index (χ3v) is 2.28. The van der Waals surface area contributed by atoms with E-state index in [1.165, 1.54) is 12.2 Å². The van der Waals surface area contributed by atoms with Crippen LogP contribution in [0.25, 0.3) is 0 Å². The van der Waals surface area contributed by atoms with Gasteiger partial charge in [-0.15, -0.1) is 0 Å². The molecule has 1 atom stereocenters. The Morgan fingerprint density at radius 2 is 2.18 bits per heavy atom. The molecule has 1 unspecified atom stereocenters. The van der Waals surface area contributed by atoms with E-state index in [0.717, 1.165) is 6.20 Å². The molecule has 6 heteroatoms. The van der Waals surface area contributed by atoms with Crippen LogP contribution in [0.2, 0.25) is 0 Å². The Balaban J connectivity index is 3.28. The zero-order valence-electron chi connectivity index (χ0n) is 5.24. The van der Waals surface area contributed by atoms with E-state index >= 15 is 0 Å². The SMILES string of the molecule is O=S(=O)=C1C(Cl)=CC=C[NH+]1[O-]. The molecule has 4 nitrogen and oxygen atoms in total. The molecule has 0 aromatic heterocycles. The third kappa shape index (κ3) is 1.69. The topological polar surface area (TPSA) is 61.6 Å². The maximum Gasteiger partial charge on any atom is 0.278 e. The second-order valence-corrected chi connectivity index (χ2v) is 3.09. The molecule has 0 spiro atoms. The Kier molecular flexibility index (Phi) is 2.45. The molecule has 0 aromatic carbocycles. The van der Waals surface area contributed by atoms with Crippen LogP contribution in [0, 0.1) is 5.21 Å². The number of halogens is 1. The number of nitrogens with one attached hydrogen (secondary N) is 1. The number of allylic oxidation sites excluding steroid dienone is 2. The zero-order chi connectivity index (χ0) is 8.43. The third-order valence-electron chi connectivity index (χ3n) is 1.10. The molecule has 1 N–H and O–H groups in total. The van der Waals surface area contributed by atoms with Gasteiger partial charge < -0.3 is 5.21 Å². The summed E-state index contributed by atoms with van der Waals surface area (Å²) in [5, 5.41) is 10.2. The van der Waals surface area contributed by atoms with E-state index in [2.05, 4.69) is 0 Å². The molecule has 1 rings (SSSR count). The first-order valence-corrected chi connectivity index (χ1v) is 4.13. The summed E-state index contributed by atoms with van der Waals surface area (Å²) >= 11 is 5.43. The second kappa shape index (κ2) is 3.19. The summed E-state index contributed by atoms with van der Waals surface area (Å²) in [6.07, 6.45) is 3.91. The number of hydroxylamine groups is 2. The summed E-state index contributed by atoms with van der Waals surface area (Å²) in [5.41, 5.74) is 0. The van der Waals surface area contributed by atoms with Crippen LogP contribution in [0.3, 0.4) is 0 Å². The zero-order valence-corrected chi connectivity index (χ0v) is 6.82. The van der Waals surface area contributed by atoms with Gasteiger partial charge in [0, 0.05) is 0 Å². The molecule has 0 aliphatic carbocycles. The van der Waals surface area contributed by atoms with Gasteiger partial charge in [-0.1, -0.05) is 11.6 Å². The average Bonchev–Trinajstić information content (AvgIpc) is 1.85. The van der Waals surface area contributed by atoms with Crippen molar-refractivity contribution in [3.8, 4) is 0 Å². The lowest BCUT2D eigenvalue weighted by Gasteiger charge is -2.17. The molecular weight excluding hydrogens is 190 g/mol. The van der Waals surface area contributed by atoms with Crippen molar-refractivity contribution >= 4 is 26.9 Å². The molecule has 0 saturated heterocycles. The highest BCUT2D eigenvalue weighted by molar-refractivity contribution is 7.73. The molecule has 1 aliphatic heterocycles. The van der Waals surface area contributed by atoms with Gasteiger partial charge in [-0.25, -0.2) is 0 Å². The van der Waals surface area contributed by atoms with E-state index in [4.69, 9.17) is 11.6 Å². The van der Waals surface area contributed by atoms with Crippen molar-refractivity contribution in [2.45, 2.75) is 0 Å². The highest BCUT2D eigenvalue weighted by atomic mass is 35.5. The van der Waals surface area contributed by atoms with Crippen LogP contribution in [0.1, 0.15) is 0 Å². The molecule has 0 bridgehead atoms. The standard InChI is InChI=1S/C5H4ClNO3S/c6-4-2-1-3-7(8)5(4)11(9)10/h1-3,7H. The summed E-state index contributed by atoms with van der Waals surface area (Å²) in [5.74, 6) is 0. The predicted octanol–water partition coefficient (Wildman–Crippen LogP) is -0.972. The van der Waals surface area contributed by atoms with Gasteiger partial charge in [0.05, 0.1) is 0 Å². The van der Waals surface area contributed by atoms with Crippen molar-refractivity contribution in [2.75, 3.05) is 0 Å². The highest BCUT2D eigenvalue weighted by Gasteiger charge is 2.15. The van der Waals surface area contributed by atoms with E-state index in [1.807, 2.05) is 0 Å². The molecule has 1 heterocycles. The number of hydrogen-bond donors (Lipinski definition) is 1. The van der Waals surface area contributed by atoms with Crippen LogP contribution in [-0.4, -0.2) is 13.4 Å². The van der Waals surface area contributed by atoms with Crippen molar-refractivity contribution in [1.29, 1.82) is 0 Å². The Hall–Kier alpha value is -0.620. The first-order chi connectivity index (χ1) is 5.13. The van der Waals surface area contributed by atoms with E-state index in [-0.39, 0.29) is 10.0 Å². The summed E-state index contributed by atoms with van der Waals surface area (Å²) in [4.78, 5) is -0.367. The van der Waals surface area contributed by atoms with E-state index < -0.39 is 15.4 Å². The minimum Gasteiger partial charge on any atom is -0.623 e. The van der Waals surface area contributed by atoms with Gasteiger partial charge in [0.2, 0.25) is 0 Å². The van der Waals surface area contributed by atoms with Crippen LogP contribution in [0.15, 0.2) is 23.4 Å². The van der Waals surface area contributed by atoms with Crippen LogP contribution in [0.5, 0.6) is 0 Å². The lowest BCUT2D eigenvalue weighted by Crippen LogP contribution is -3.06. The number of rotatable bonds is 0. The van der Waals surface area contributed by atoms with E-state index in [1.54, 1.807) is 0 Å². The van der Waals surface area contributed by atoms with Gasteiger partial charge >= 0.3 is 0 Å². The molecular formula is C5H4ClNO3S. The lowest BCUT2D eigenvalue weighted by molar-refractivity contribution is -0.680. The Bertz CT molecular complexity index is 346. The smallest absolute Gasteiger partial charge is 0.278 e. The largest absolute Gasteiger partial charge is 0.623 e. The second-order valence-electron chi connectivity index (χ2n) is 1.80. The van der Waals surface area contributed by atoms with Crippen LogP contribution in [-0.2, 0) is 10.3 Å². The van der Waals surface area contributed by atoms with Crippen LogP contribution in [0.4, 0.5) is 0 Å². The van der Waals surface area contributed by atoms with Crippen molar-refractivity contribution in [1.82, 2.24) is 0 Å². The van der Waals surface area contributed by atoms with Crippen molar-refractivity contribution in [3.63, 3.8) is 0 Å². The van der Waals surface area contributed by atoms with Gasteiger partial charge in [0.15, 0.2) is 0 Å². The van der Waals surface area contributed by atoms with E-state index in [0.29, 0.717) is 0 Å². The molecule has 0 amide bonds. The van der Waals surface area contributed by atoms with Gasteiger partial charge in [-0.2, -0.15) is 8.42 Å². The molecule has 0 fully saturated rings. The van der Waals surface area contributed by atoms with Crippen LogP contribution < -0.4 is 5.06 Å². The highest BCUT2D eigenvalue weighted by Crippen LogP contribution is 2.02. The fraction of sp³-hybridized carbons (Fsp3) is 0. The lowest BCUT2D eigenvalue weighted by atomic mass is 10.4. The average molecular weight is 194 g/mol. The minimum atomic E-state index is -2.55. The monoisotopic (exact) mass is 193 g/mol. The molecule has 11 heavy (non-hydrogen) atoms. The fourth-order valence-electron chi connectivity index (χ4n) is 0.651. The Labute approximate surface area is 69.5 Å². The first-order valence-electron chi connectivity index (χ1n) is 2.67.